The molecule has 2 aliphatic carbocycles. The molecule has 0 radical (unpaired) electrons. The van der Waals surface area contributed by atoms with Gasteiger partial charge in [-0.05, 0) is 68.3 Å². The largest absolute Gasteiger partial charge is 0.290 e. The van der Waals surface area contributed by atoms with Gasteiger partial charge in [-0.15, -0.1) is 0 Å². The second-order valence-corrected chi connectivity index (χ2v) is 12.8. The van der Waals surface area contributed by atoms with Crippen LogP contribution in [-0.2, 0) is 9.59 Å². The zero-order chi connectivity index (χ0) is 23.4. The Morgan fingerprint density at radius 2 is 0.767 bits per heavy atom. The molecule has 2 aliphatic rings. The molecule has 0 fully saturated rings. The third-order valence-electron chi connectivity index (χ3n) is 5.72. The van der Waals surface area contributed by atoms with E-state index in [2.05, 4.69) is 95.2 Å². The Hall–Kier alpha value is -1.96. The van der Waals surface area contributed by atoms with Gasteiger partial charge in [0.2, 0.25) is 0 Å². The summed E-state index contributed by atoms with van der Waals surface area (Å²) in [6.45, 7) is 25.4. The van der Waals surface area contributed by atoms with Gasteiger partial charge in [-0.2, -0.15) is 0 Å². The first kappa shape index (κ1) is 24.3. The van der Waals surface area contributed by atoms with Crippen molar-refractivity contribution in [2.45, 2.75) is 83.1 Å². The van der Waals surface area contributed by atoms with E-state index in [0.29, 0.717) is 0 Å². The maximum Gasteiger partial charge on any atom is 0.186 e. The van der Waals surface area contributed by atoms with Gasteiger partial charge in [-0.3, -0.25) is 9.59 Å². The average Bonchev–Trinajstić information content (AvgIpc) is 2.50. The Balaban J connectivity index is 3.02. The molecule has 0 amide bonds. The van der Waals surface area contributed by atoms with Crippen LogP contribution in [-0.4, -0.2) is 11.6 Å². The van der Waals surface area contributed by atoms with Gasteiger partial charge >= 0.3 is 0 Å². The summed E-state index contributed by atoms with van der Waals surface area (Å²) < 4.78 is 0. The van der Waals surface area contributed by atoms with Gasteiger partial charge in [-0.1, -0.05) is 83.1 Å². The van der Waals surface area contributed by atoms with E-state index in [0.717, 1.165) is 33.4 Å². The highest BCUT2D eigenvalue weighted by Crippen LogP contribution is 2.48. The van der Waals surface area contributed by atoms with Crippen LogP contribution in [0.15, 0.2) is 57.7 Å². The van der Waals surface area contributed by atoms with E-state index >= 15 is 0 Å². The van der Waals surface area contributed by atoms with E-state index in [4.69, 9.17) is 0 Å². The number of hydrogen-bond donors (Lipinski definition) is 0. The normalized spacial score (nSPS) is 19.5. The molecule has 0 bridgehead atoms. The van der Waals surface area contributed by atoms with Gasteiger partial charge in [0, 0.05) is 11.1 Å². The molecule has 0 heterocycles. The number of allylic oxidation sites excluding steroid dienone is 10. The van der Waals surface area contributed by atoms with E-state index in [9.17, 15) is 9.59 Å². The third-order valence-corrected chi connectivity index (χ3v) is 5.72. The van der Waals surface area contributed by atoms with Crippen LogP contribution < -0.4 is 0 Å². The van der Waals surface area contributed by atoms with Gasteiger partial charge in [0.25, 0.3) is 0 Å². The third kappa shape index (κ3) is 4.85. The number of rotatable bonds is 0. The molecule has 0 aliphatic heterocycles. The molecule has 0 atom stereocenters. The molecule has 0 aromatic rings. The second kappa shape index (κ2) is 7.32. The SMILES string of the molecule is CC(C)(C)C1=CC(=C2C(C(C)(C)C)=CC(=O)C=C2C(C)(C)C)C=C(C(C)(C)C)C1=O. The highest BCUT2D eigenvalue weighted by molar-refractivity contribution is 6.12. The van der Waals surface area contributed by atoms with Crippen molar-refractivity contribution in [3.8, 4) is 0 Å². The van der Waals surface area contributed by atoms with Crippen LogP contribution >= 0.6 is 0 Å². The fourth-order valence-electron chi connectivity index (χ4n) is 4.00. The van der Waals surface area contributed by atoms with E-state index < -0.39 is 0 Å². The molecular formula is C28H40O2. The molecule has 0 saturated carbocycles. The van der Waals surface area contributed by atoms with E-state index in [1.807, 2.05) is 0 Å². The number of ketones is 2. The van der Waals surface area contributed by atoms with Crippen molar-refractivity contribution in [3.05, 3.63) is 57.7 Å². The quantitative estimate of drug-likeness (QED) is 0.420. The van der Waals surface area contributed by atoms with Crippen molar-refractivity contribution in [2.75, 3.05) is 0 Å². The standard InChI is InChI=1S/C28H40O2/c1-25(2,3)19-15-18(29)16-20(26(4,5)6)23(19)17-13-21(27(7,8)9)24(30)22(14-17)28(10,11)12/h13-16H,1-12H3. The first-order chi connectivity index (χ1) is 13.2. The van der Waals surface area contributed by atoms with Gasteiger partial charge in [0.1, 0.15) is 0 Å². The fraction of sp³-hybridized carbons (Fsp3) is 0.571. The number of Topliss-reactive ketones (excluding diaryl/α,β-unsaturated/α-hetero) is 1. The molecule has 164 valence electrons. The Kier molecular flexibility index (Phi) is 5.93. The van der Waals surface area contributed by atoms with Gasteiger partial charge in [0.15, 0.2) is 11.6 Å². The summed E-state index contributed by atoms with van der Waals surface area (Å²) in [5.41, 5.74) is 4.95. The first-order valence-corrected chi connectivity index (χ1v) is 11.0. The summed E-state index contributed by atoms with van der Waals surface area (Å²) in [5, 5.41) is 0. The molecule has 2 nitrogen and oxygen atoms in total. The minimum Gasteiger partial charge on any atom is -0.290 e. The van der Waals surface area contributed by atoms with Gasteiger partial charge in [-0.25, -0.2) is 0 Å². The molecule has 0 aromatic heterocycles. The van der Waals surface area contributed by atoms with Crippen molar-refractivity contribution in [1.29, 1.82) is 0 Å². The predicted octanol–water partition coefficient (Wildman–Crippen LogP) is 7.34. The fourth-order valence-corrected chi connectivity index (χ4v) is 4.00. The Bertz CT molecular complexity index is 857. The molecule has 0 aromatic carbocycles. The van der Waals surface area contributed by atoms with Crippen LogP contribution in [0, 0.1) is 21.7 Å². The van der Waals surface area contributed by atoms with Crippen LogP contribution in [0.5, 0.6) is 0 Å². The molecule has 0 saturated heterocycles. The topological polar surface area (TPSA) is 34.1 Å². The van der Waals surface area contributed by atoms with Crippen LogP contribution in [0.1, 0.15) is 83.1 Å². The molecular weight excluding hydrogens is 368 g/mol. The minimum absolute atomic E-state index is 0.0427. The first-order valence-electron chi connectivity index (χ1n) is 11.0. The molecule has 0 N–H and O–H groups in total. The lowest BCUT2D eigenvalue weighted by atomic mass is 9.66. The Labute approximate surface area is 183 Å². The highest BCUT2D eigenvalue weighted by Gasteiger charge is 2.38. The van der Waals surface area contributed by atoms with Crippen molar-refractivity contribution in [3.63, 3.8) is 0 Å². The van der Waals surface area contributed by atoms with Crippen molar-refractivity contribution in [2.24, 2.45) is 21.7 Å². The lowest BCUT2D eigenvalue weighted by Gasteiger charge is -2.37. The lowest BCUT2D eigenvalue weighted by molar-refractivity contribution is -0.114. The van der Waals surface area contributed by atoms with Crippen LogP contribution in [0.25, 0.3) is 0 Å². The summed E-state index contributed by atoms with van der Waals surface area (Å²) in [5.74, 6) is 0.176. The maximum absolute atomic E-state index is 13.4. The van der Waals surface area contributed by atoms with Gasteiger partial charge in [0.05, 0.1) is 0 Å². The van der Waals surface area contributed by atoms with Crippen LogP contribution in [0.2, 0.25) is 0 Å². The second-order valence-electron chi connectivity index (χ2n) is 12.8. The minimum atomic E-state index is -0.268. The zero-order valence-electron chi connectivity index (χ0n) is 21.1. The van der Waals surface area contributed by atoms with E-state index in [1.54, 1.807) is 12.2 Å². The summed E-state index contributed by atoms with van der Waals surface area (Å²) in [7, 11) is 0. The summed E-state index contributed by atoms with van der Waals surface area (Å²) in [6, 6.07) is 0. The lowest BCUT2D eigenvalue weighted by Crippen LogP contribution is -2.29. The molecule has 2 rings (SSSR count). The Morgan fingerprint density at radius 1 is 0.467 bits per heavy atom. The number of carbonyl (C=O) groups excluding carboxylic acids is 2. The summed E-state index contributed by atoms with van der Waals surface area (Å²) in [4.78, 5) is 26.1. The molecule has 30 heavy (non-hydrogen) atoms. The van der Waals surface area contributed by atoms with Crippen molar-refractivity contribution in [1.82, 2.24) is 0 Å². The monoisotopic (exact) mass is 408 g/mol. The van der Waals surface area contributed by atoms with Crippen molar-refractivity contribution < 1.29 is 9.59 Å². The summed E-state index contributed by atoms with van der Waals surface area (Å²) in [6.07, 6.45) is 7.70. The highest BCUT2D eigenvalue weighted by atomic mass is 16.1. The molecule has 0 spiro atoms. The smallest absolute Gasteiger partial charge is 0.186 e. The zero-order valence-corrected chi connectivity index (χ0v) is 21.1. The average molecular weight is 409 g/mol. The number of carbonyl (C=O) groups is 2. The van der Waals surface area contributed by atoms with E-state index in [-0.39, 0.29) is 33.2 Å². The van der Waals surface area contributed by atoms with Crippen molar-refractivity contribution >= 4 is 11.6 Å². The van der Waals surface area contributed by atoms with Crippen LogP contribution in [0.4, 0.5) is 0 Å². The Morgan fingerprint density at radius 3 is 1.03 bits per heavy atom. The van der Waals surface area contributed by atoms with Gasteiger partial charge < -0.3 is 0 Å². The molecule has 0 unspecified atom stereocenters. The number of hydrogen-bond acceptors (Lipinski definition) is 2. The maximum atomic E-state index is 13.4. The van der Waals surface area contributed by atoms with E-state index in [1.165, 1.54) is 0 Å². The van der Waals surface area contributed by atoms with Crippen LogP contribution in [0.3, 0.4) is 0 Å². The predicted molar refractivity (Wildman–Crippen MR) is 127 cm³/mol. The molecule has 2 heteroatoms. The summed E-state index contributed by atoms with van der Waals surface area (Å²) >= 11 is 0.